The molecule has 0 aliphatic heterocycles. The lowest BCUT2D eigenvalue weighted by atomic mass is 9.52. The molecule has 4 saturated carbocycles. The van der Waals surface area contributed by atoms with E-state index in [-0.39, 0.29) is 11.6 Å². The monoisotopic (exact) mass is 167 g/mol. The number of aliphatic hydroxyl groups excluding tert-OH is 1. The van der Waals surface area contributed by atoms with E-state index in [9.17, 15) is 5.11 Å². The Morgan fingerprint density at radius 2 is 1.67 bits per heavy atom. The Morgan fingerprint density at radius 3 is 2.17 bits per heavy atom. The van der Waals surface area contributed by atoms with Gasteiger partial charge in [0, 0.05) is 5.54 Å². The van der Waals surface area contributed by atoms with E-state index in [2.05, 4.69) is 0 Å². The molecule has 0 aromatic rings. The van der Waals surface area contributed by atoms with Crippen LogP contribution in [0.25, 0.3) is 0 Å². The van der Waals surface area contributed by atoms with Gasteiger partial charge in [0.25, 0.3) is 0 Å². The summed E-state index contributed by atoms with van der Waals surface area (Å²) in [4.78, 5) is 0. The van der Waals surface area contributed by atoms with Crippen molar-refractivity contribution >= 4 is 0 Å². The average molecular weight is 167 g/mol. The van der Waals surface area contributed by atoms with Gasteiger partial charge in [0.05, 0.1) is 6.10 Å². The third kappa shape index (κ3) is 0.775. The molecular formula is C10H17NO. The highest BCUT2D eigenvalue weighted by molar-refractivity contribution is 5.09. The first-order chi connectivity index (χ1) is 5.67. The minimum atomic E-state index is -0.190. The van der Waals surface area contributed by atoms with Crippen molar-refractivity contribution in [3.8, 4) is 0 Å². The van der Waals surface area contributed by atoms with Gasteiger partial charge in [0.2, 0.25) is 0 Å². The van der Waals surface area contributed by atoms with E-state index in [0.29, 0.717) is 5.92 Å². The predicted molar refractivity (Wildman–Crippen MR) is 46.5 cm³/mol. The number of nitrogens with two attached hydrogens (primary N) is 1. The van der Waals surface area contributed by atoms with E-state index in [1.165, 1.54) is 19.3 Å². The van der Waals surface area contributed by atoms with Gasteiger partial charge >= 0.3 is 0 Å². The van der Waals surface area contributed by atoms with Gasteiger partial charge in [-0.05, 0) is 49.9 Å². The molecule has 0 aromatic carbocycles. The Bertz CT molecular complexity index is 202. The van der Waals surface area contributed by atoms with Gasteiger partial charge in [-0.25, -0.2) is 0 Å². The van der Waals surface area contributed by atoms with Crippen LogP contribution in [0.5, 0.6) is 0 Å². The zero-order valence-corrected chi connectivity index (χ0v) is 7.37. The summed E-state index contributed by atoms with van der Waals surface area (Å²) in [7, 11) is 0. The van der Waals surface area contributed by atoms with Crippen LogP contribution < -0.4 is 5.73 Å². The van der Waals surface area contributed by atoms with E-state index in [1.807, 2.05) is 0 Å². The van der Waals surface area contributed by atoms with Crippen molar-refractivity contribution in [1.82, 2.24) is 0 Å². The van der Waals surface area contributed by atoms with Crippen molar-refractivity contribution in [3.05, 3.63) is 0 Å². The highest BCUT2D eigenvalue weighted by Crippen LogP contribution is 2.54. The quantitative estimate of drug-likeness (QED) is 0.562. The zero-order chi connectivity index (χ0) is 8.34. The van der Waals surface area contributed by atoms with E-state index < -0.39 is 0 Å². The number of hydrogen-bond donors (Lipinski definition) is 2. The van der Waals surface area contributed by atoms with Gasteiger partial charge in [-0.3, -0.25) is 0 Å². The molecule has 3 atom stereocenters. The van der Waals surface area contributed by atoms with Crippen LogP contribution in [-0.2, 0) is 0 Å². The lowest BCUT2D eigenvalue weighted by Crippen LogP contribution is -2.65. The average Bonchev–Trinajstić information content (AvgIpc) is 1.98. The van der Waals surface area contributed by atoms with Crippen molar-refractivity contribution in [2.45, 2.75) is 43.7 Å². The molecule has 4 rings (SSSR count). The number of aliphatic hydroxyl groups is 1. The summed E-state index contributed by atoms with van der Waals surface area (Å²) in [5.41, 5.74) is 6.03. The van der Waals surface area contributed by atoms with Gasteiger partial charge in [-0.15, -0.1) is 0 Å². The van der Waals surface area contributed by atoms with Crippen LogP contribution in [0, 0.1) is 17.8 Å². The summed E-state index contributed by atoms with van der Waals surface area (Å²) >= 11 is 0. The lowest BCUT2D eigenvalue weighted by Gasteiger charge is -2.57. The number of rotatable bonds is 0. The second kappa shape index (κ2) is 2.05. The van der Waals surface area contributed by atoms with Crippen LogP contribution in [0.1, 0.15) is 32.1 Å². The van der Waals surface area contributed by atoms with Crippen LogP contribution in [0.4, 0.5) is 0 Å². The molecule has 4 bridgehead atoms. The third-order valence-electron chi connectivity index (χ3n) is 4.31. The zero-order valence-electron chi connectivity index (χ0n) is 7.37. The molecule has 4 aliphatic rings. The molecular weight excluding hydrogens is 150 g/mol. The topological polar surface area (TPSA) is 46.2 Å². The molecule has 4 fully saturated rings. The van der Waals surface area contributed by atoms with Crippen molar-refractivity contribution in [1.29, 1.82) is 0 Å². The highest BCUT2D eigenvalue weighted by Gasteiger charge is 2.54. The first kappa shape index (κ1) is 7.34. The first-order valence-electron chi connectivity index (χ1n) is 5.14. The maximum absolute atomic E-state index is 9.96. The van der Waals surface area contributed by atoms with Gasteiger partial charge < -0.3 is 10.8 Å². The SMILES string of the molecule is NC12C[C@@H]3CC(C[C@H](C3)C1)[C@H]2O. The fraction of sp³-hybridized carbons (Fsp3) is 1.00. The van der Waals surface area contributed by atoms with Crippen molar-refractivity contribution in [2.24, 2.45) is 23.5 Å². The number of hydrogen-bond acceptors (Lipinski definition) is 2. The molecule has 2 nitrogen and oxygen atoms in total. The summed E-state index contributed by atoms with van der Waals surface area (Å²) in [5.74, 6) is 2.23. The Hall–Kier alpha value is -0.0800. The van der Waals surface area contributed by atoms with Crippen molar-refractivity contribution < 1.29 is 5.11 Å². The van der Waals surface area contributed by atoms with Crippen LogP contribution in [0.3, 0.4) is 0 Å². The summed E-state index contributed by atoms with van der Waals surface area (Å²) in [6.45, 7) is 0. The molecule has 0 spiro atoms. The van der Waals surface area contributed by atoms with Gasteiger partial charge in [0.15, 0.2) is 0 Å². The molecule has 0 radical (unpaired) electrons. The van der Waals surface area contributed by atoms with Gasteiger partial charge in [-0.2, -0.15) is 0 Å². The lowest BCUT2D eigenvalue weighted by molar-refractivity contribution is -0.107. The molecule has 4 aliphatic carbocycles. The largest absolute Gasteiger partial charge is 0.391 e. The van der Waals surface area contributed by atoms with E-state index in [4.69, 9.17) is 5.73 Å². The van der Waals surface area contributed by atoms with E-state index in [1.54, 1.807) is 0 Å². The van der Waals surface area contributed by atoms with Crippen LogP contribution in [0.15, 0.2) is 0 Å². The van der Waals surface area contributed by atoms with E-state index in [0.717, 1.165) is 24.7 Å². The van der Waals surface area contributed by atoms with Gasteiger partial charge in [0.1, 0.15) is 0 Å². The highest BCUT2D eigenvalue weighted by atomic mass is 16.3. The minimum Gasteiger partial charge on any atom is -0.391 e. The normalized spacial score (nSPS) is 62.5. The fourth-order valence-electron chi connectivity index (χ4n) is 4.08. The summed E-state index contributed by atoms with van der Waals surface area (Å²) in [6.07, 6.45) is 5.86. The smallest absolute Gasteiger partial charge is 0.0748 e. The molecule has 3 N–H and O–H groups in total. The third-order valence-corrected chi connectivity index (χ3v) is 4.31. The molecule has 0 unspecified atom stereocenters. The predicted octanol–water partition coefficient (Wildman–Crippen LogP) is 0.885. The minimum absolute atomic E-state index is 0.186. The van der Waals surface area contributed by atoms with Crippen molar-refractivity contribution in [3.63, 3.8) is 0 Å². The van der Waals surface area contributed by atoms with E-state index >= 15 is 0 Å². The molecule has 12 heavy (non-hydrogen) atoms. The summed E-state index contributed by atoms with van der Waals surface area (Å²) in [6, 6.07) is 0. The van der Waals surface area contributed by atoms with Crippen LogP contribution in [-0.4, -0.2) is 16.7 Å². The Balaban J connectivity index is 1.97. The van der Waals surface area contributed by atoms with Crippen LogP contribution in [0.2, 0.25) is 0 Å². The molecule has 0 heterocycles. The Labute approximate surface area is 73.1 Å². The Morgan fingerprint density at radius 1 is 1.08 bits per heavy atom. The maximum Gasteiger partial charge on any atom is 0.0748 e. The van der Waals surface area contributed by atoms with Crippen LogP contribution >= 0.6 is 0 Å². The summed E-state index contributed by atoms with van der Waals surface area (Å²) in [5, 5.41) is 9.96. The molecule has 68 valence electrons. The molecule has 0 amide bonds. The Kier molecular flexibility index (Phi) is 1.25. The second-order valence-corrected chi connectivity index (χ2v) is 5.29. The van der Waals surface area contributed by atoms with Gasteiger partial charge in [-0.1, -0.05) is 0 Å². The second-order valence-electron chi connectivity index (χ2n) is 5.29. The molecule has 2 heteroatoms. The first-order valence-corrected chi connectivity index (χ1v) is 5.14. The fourth-order valence-corrected chi connectivity index (χ4v) is 4.08. The molecule has 0 aromatic heterocycles. The maximum atomic E-state index is 9.96. The standard InChI is InChI=1S/C10H17NO/c11-10-4-6-1-7(5-10)3-8(2-6)9(10)12/h6-9,12H,1-5,11H2/t6-,7-,8?,9+,10?/m0/s1. The van der Waals surface area contributed by atoms with Crippen molar-refractivity contribution in [2.75, 3.05) is 0 Å². The summed E-state index contributed by atoms with van der Waals surface area (Å²) < 4.78 is 0. The molecule has 0 saturated heterocycles.